The first-order valence-electron chi connectivity index (χ1n) is 26.1. The van der Waals surface area contributed by atoms with Gasteiger partial charge in [0.1, 0.15) is 50.7 Å². The molecule has 0 heterocycles. The lowest BCUT2D eigenvalue weighted by atomic mass is 9.83. The maximum Gasteiger partial charge on any atom is 0.358 e. The highest BCUT2D eigenvalue weighted by atomic mass is 127. The molecule has 0 saturated heterocycles. The summed E-state index contributed by atoms with van der Waals surface area (Å²) in [6, 6.07) is -18.4. The molecule has 0 aromatic heterocycles. The van der Waals surface area contributed by atoms with Gasteiger partial charge in [0.05, 0.1) is 5.56 Å². The largest absolute Gasteiger partial charge is 0.504 e. The van der Waals surface area contributed by atoms with E-state index in [1.165, 1.54) is 20.8 Å². The minimum Gasteiger partial charge on any atom is -0.504 e. The molecule has 0 radical (unpaired) electrons. The minimum absolute atomic E-state index is 0.0330. The fraction of sp³-hybridized carbons (Fsp3) is 0.157. The zero-order valence-corrected chi connectivity index (χ0v) is 59.5. The first kappa shape index (κ1) is 86.4. The summed E-state index contributed by atoms with van der Waals surface area (Å²) in [6.45, 7) is 7.19. The Morgan fingerprint density at radius 3 is 0.943 bits per heavy atom. The molecule has 0 bridgehead atoms. The van der Waals surface area contributed by atoms with Gasteiger partial charge in [-0.25, -0.2) is 4.79 Å². The second kappa shape index (κ2) is 18.8. The average molecular weight is 1870 g/mol. The fourth-order valence-corrected chi connectivity index (χ4v) is 17.7. The predicted molar refractivity (Wildman–Crippen MR) is 317 cm³/mol. The molecule has 7 rings (SSSR count). The maximum atomic E-state index is 16.4. The summed E-state index contributed by atoms with van der Waals surface area (Å²) < 4.78 is 611. The highest BCUT2D eigenvalue weighted by Crippen LogP contribution is 3.10. The Kier molecular flexibility index (Phi) is 15.4. The second-order valence-electron chi connectivity index (χ2n) is 25.0. The van der Waals surface area contributed by atoms with Crippen molar-refractivity contribution in [1.82, 2.24) is 0 Å². The molecule has 54 heteroatoms. The Morgan fingerprint density at radius 2 is 0.638 bits per heavy atom. The van der Waals surface area contributed by atoms with E-state index in [9.17, 15) is 132 Å². The van der Waals surface area contributed by atoms with Crippen LogP contribution in [0.25, 0.3) is 33.4 Å². The summed E-state index contributed by atoms with van der Waals surface area (Å²) >= 11 is -2.91. The van der Waals surface area contributed by atoms with Crippen LogP contribution in [-0.2, 0) is 10.8 Å². The maximum absolute atomic E-state index is 16.4. The van der Waals surface area contributed by atoms with Gasteiger partial charge in [0.15, 0.2) is 15.1 Å². The molecule has 0 saturated carbocycles. The monoisotopic (exact) mass is 1870 g/mol. The Hall–Kier alpha value is -5.86. The van der Waals surface area contributed by atoms with Gasteiger partial charge in [-0.05, 0) is 99.8 Å². The van der Waals surface area contributed by atoms with E-state index < -0.39 is 303 Å². The van der Waals surface area contributed by atoms with E-state index in [-0.39, 0.29) is 15.2 Å². The zero-order chi connectivity index (χ0) is 82.5. The van der Waals surface area contributed by atoms with Crippen LogP contribution in [0.4, 0.5) is 155 Å². The van der Waals surface area contributed by atoms with Crippen molar-refractivity contribution in [2.24, 2.45) is 0 Å². The Bertz CT molecular complexity index is 4880. The molecule has 0 unspecified atom stereocenters. The number of carboxylic acid groups (broad SMARTS) is 1. The number of ether oxygens (including phenoxy) is 2. The van der Waals surface area contributed by atoms with Crippen LogP contribution < -0.4 is 30.7 Å². The summed E-state index contributed by atoms with van der Waals surface area (Å²) in [5.41, 5.74) is -27.9. The molecule has 0 aliphatic heterocycles. The number of rotatable bonds is 18. The number of aromatic hydroxyl groups is 1. The van der Waals surface area contributed by atoms with E-state index in [1.807, 2.05) is 0 Å². The van der Waals surface area contributed by atoms with Gasteiger partial charge in [-0.15, -0.1) is 0 Å². The number of phenols is 1. The van der Waals surface area contributed by atoms with Crippen LogP contribution in [-0.4, -0.2) is 16.2 Å². The lowest BCUT2D eigenvalue weighted by molar-refractivity contribution is -0.596. The Balaban J connectivity index is 2.09. The molecule has 105 heavy (non-hydrogen) atoms. The Labute approximate surface area is 572 Å². The van der Waals surface area contributed by atoms with Crippen LogP contribution in [0.1, 0.15) is 63.0 Å². The highest BCUT2D eigenvalue weighted by Gasteiger charge is 2.75. The van der Waals surface area contributed by atoms with Gasteiger partial charge < -0.3 is 19.7 Å². The molecule has 5 nitrogen and oxygen atoms in total. The number of phenolic OH excluding ortho intramolecular Hbond substituents is 1. The minimum atomic E-state index is -13.1. The van der Waals surface area contributed by atoms with Gasteiger partial charge in [0, 0.05) is 46.5 Å². The molecule has 7 aromatic carbocycles. The predicted octanol–water partition coefficient (Wildman–Crippen LogP) is 31.7. The summed E-state index contributed by atoms with van der Waals surface area (Å²) in [7, 11) is -101. The van der Waals surface area contributed by atoms with Crippen LogP contribution in [0.5, 0.6) is 28.7 Å². The lowest BCUT2D eigenvalue weighted by Crippen LogP contribution is -3.61. The zero-order valence-electron chi connectivity index (χ0n) is 50.8. The third-order valence-electron chi connectivity index (χ3n) is 13.8. The molecule has 0 spiro atoms. The second-order valence-corrected chi connectivity index (χ2v) is 47.2. The molecule has 7 aromatic rings. The van der Waals surface area contributed by atoms with Gasteiger partial charge in [-0.3, -0.25) is 0 Å². The molecule has 0 amide bonds. The van der Waals surface area contributed by atoms with Crippen molar-refractivity contribution >= 4 is 87.8 Å². The number of carboxylic acids is 1. The van der Waals surface area contributed by atoms with Gasteiger partial charge in [0.25, 0.3) is 0 Å². The van der Waals surface area contributed by atoms with Crippen molar-refractivity contribution in [2.75, 3.05) is 0 Å². The number of hydrogen-bond donors (Lipinski definition) is 2. The molecule has 606 valence electrons. The third kappa shape index (κ3) is 20.0. The first-order chi connectivity index (χ1) is 44.1. The highest BCUT2D eigenvalue weighted by molar-refractivity contribution is 8.48. The first-order valence-corrected chi connectivity index (χ1v) is 43.8. The van der Waals surface area contributed by atoms with E-state index in [0.717, 1.165) is 45.0 Å². The van der Waals surface area contributed by atoms with Gasteiger partial charge in [-0.1, -0.05) is 215 Å². The molecule has 0 fully saturated rings. The molecule has 2 N–H and O–H groups in total. The van der Waals surface area contributed by atoms with Crippen LogP contribution in [0.3, 0.4) is 0 Å². The fourth-order valence-electron chi connectivity index (χ4n) is 9.12. The van der Waals surface area contributed by atoms with E-state index in [0.29, 0.717) is 12.1 Å². The standard InChI is InChI=1S/C51H37F40IO5S8/c1-50(2,3)26-7-10-28(11-8-26)92-40-12-9-27(51(4,5)6)15-38(40)43-39(23-37(104(82,83,84,85)86)24-41(43)105(87,88,89,90)91)44-45(49(94)95)42(25-13-31(98(52,53,54,55)56)20-32(14-25)99(57,58,59,60)61)46(93)48(97-30-18-35(102(72,73,74,75)76)22-36(19-30)103(77,78,79,80)81)47(44)96-29-16-33(100(62,63,64,65)66)21-34(17-29)101(67,68,69,70)71/h7-24H,1-6H3,(H-,93,94,95)/p+1. The number of hydrogen-bond acceptors (Lipinski definition) is 4. The van der Waals surface area contributed by atoms with Gasteiger partial charge >= 0.3 is 109 Å². The van der Waals surface area contributed by atoms with Crippen LogP contribution in [0.15, 0.2) is 148 Å². The SMILES string of the molecule is CC(C)(C)c1ccc([I+]c2ccc(C(C)(C)C)cc2-c2c(-c3c(Oc4cc(S(F)(F)(F)(F)F)cc(S(F)(F)(F)(F)F)c4)c(Oc4cc(S(F)(F)(F)(F)F)cc(S(F)(F)(F)(F)F)c4)c(O)c(-c4cc(S(F)(F)(F)(F)F)cc(S(F)(F)(F)(F)F)c4)c3C(=O)O)cc(S(F)(F)(F)(F)F)cc2S(F)(F)(F)(F)F)cc1. The summed E-state index contributed by atoms with van der Waals surface area (Å²) in [4.78, 5) is -23.4. The van der Waals surface area contributed by atoms with Gasteiger partial charge in [-0.2, -0.15) is 0 Å². The van der Waals surface area contributed by atoms with Crippen molar-refractivity contribution in [1.29, 1.82) is 0 Å². The molecule has 0 atom stereocenters. The number of aromatic carboxylic acids is 1. The van der Waals surface area contributed by atoms with Crippen LogP contribution >= 0.6 is 81.8 Å². The third-order valence-corrected chi connectivity index (χ3v) is 25.7. The lowest BCUT2D eigenvalue weighted by Gasteiger charge is -2.45. The van der Waals surface area contributed by atoms with Crippen LogP contribution in [0, 0.1) is 7.14 Å². The number of benzene rings is 7. The molecular weight excluding hydrogens is 1840 g/mol. The molecule has 0 aliphatic rings. The normalized spacial score (nSPS) is 19.2. The number of halogens is 41. The molecule has 0 aliphatic carbocycles. The van der Waals surface area contributed by atoms with E-state index in [4.69, 9.17) is 0 Å². The summed E-state index contributed by atoms with van der Waals surface area (Å²) in [6.07, 6.45) is 0. The van der Waals surface area contributed by atoms with Crippen molar-refractivity contribution in [3.8, 4) is 62.1 Å². The Morgan fingerprint density at radius 1 is 0.333 bits per heavy atom. The van der Waals surface area contributed by atoms with E-state index in [1.54, 1.807) is 0 Å². The van der Waals surface area contributed by atoms with Crippen molar-refractivity contribution in [3.05, 3.63) is 133 Å². The van der Waals surface area contributed by atoms with E-state index in [2.05, 4.69) is 9.47 Å². The van der Waals surface area contributed by atoms with Crippen LogP contribution in [0.2, 0.25) is 0 Å². The quantitative estimate of drug-likeness (QED) is 0.0661. The molecular formula is C51H38F40IO5S8+. The van der Waals surface area contributed by atoms with Crippen molar-refractivity contribution in [2.45, 2.75) is 91.5 Å². The van der Waals surface area contributed by atoms with Crippen molar-refractivity contribution in [3.63, 3.8) is 0 Å². The average Bonchev–Trinajstić information content (AvgIpc) is 0.679. The number of carbonyl (C=O) groups is 1. The summed E-state index contributed by atoms with van der Waals surface area (Å²) in [5.74, 6) is -23.4. The van der Waals surface area contributed by atoms with E-state index >= 15 is 38.9 Å². The van der Waals surface area contributed by atoms with Crippen molar-refractivity contribution < 1.29 is 201 Å². The van der Waals surface area contributed by atoms with Gasteiger partial charge in [0.2, 0.25) is 9.32 Å². The smallest absolute Gasteiger partial charge is 0.358 e. The topological polar surface area (TPSA) is 76.0 Å². The summed E-state index contributed by atoms with van der Waals surface area (Å²) in [5, 5.41) is 23.1.